The molecule has 1 aliphatic heterocycles. The molecular formula is C18H18IN3O4. The Kier molecular flexibility index (Phi) is 5.92. The van der Waals surface area contributed by atoms with Gasteiger partial charge in [0.2, 0.25) is 0 Å². The average Bonchev–Trinajstić information content (AvgIpc) is 2.67. The van der Waals surface area contributed by atoms with Gasteiger partial charge in [-0.05, 0) is 46.9 Å². The first-order valence-electron chi connectivity index (χ1n) is 8.19. The Hall–Kier alpha value is -2.36. The molecule has 3 rings (SSSR count). The third kappa shape index (κ3) is 4.43. The van der Waals surface area contributed by atoms with E-state index in [1.54, 1.807) is 17.0 Å². The fourth-order valence-corrected chi connectivity index (χ4v) is 3.33. The van der Waals surface area contributed by atoms with Crippen molar-refractivity contribution in [2.45, 2.75) is 0 Å². The lowest BCUT2D eigenvalue weighted by atomic mass is 10.2. The van der Waals surface area contributed by atoms with Crippen molar-refractivity contribution < 1.29 is 14.5 Å². The van der Waals surface area contributed by atoms with Crippen molar-refractivity contribution in [1.29, 1.82) is 0 Å². The standard InChI is InChI=1S/C18H18IN3O4/c19-16-3-1-2-4-17(16)26-13-18(23)21-11-9-20(10-12-21)14-5-7-15(8-6-14)22(24)25/h1-8H,9-13H2. The number of halogens is 1. The molecule has 136 valence electrons. The van der Waals surface area contributed by atoms with Gasteiger partial charge in [-0.1, -0.05) is 12.1 Å². The molecule has 0 spiro atoms. The second kappa shape index (κ2) is 8.35. The first-order valence-corrected chi connectivity index (χ1v) is 9.27. The van der Waals surface area contributed by atoms with Crippen molar-refractivity contribution in [3.63, 3.8) is 0 Å². The third-order valence-electron chi connectivity index (χ3n) is 4.25. The molecule has 0 atom stereocenters. The number of nitro groups is 1. The predicted octanol–water partition coefficient (Wildman–Crippen LogP) is 2.93. The van der Waals surface area contributed by atoms with Crippen LogP contribution in [0.15, 0.2) is 48.5 Å². The van der Waals surface area contributed by atoms with Gasteiger partial charge in [-0.3, -0.25) is 14.9 Å². The highest BCUT2D eigenvalue weighted by Gasteiger charge is 2.22. The Morgan fingerprint density at radius 2 is 1.73 bits per heavy atom. The van der Waals surface area contributed by atoms with Crippen LogP contribution in [-0.2, 0) is 4.79 Å². The summed E-state index contributed by atoms with van der Waals surface area (Å²) < 4.78 is 6.60. The maximum Gasteiger partial charge on any atom is 0.269 e. The number of amides is 1. The summed E-state index contributed by atoms with van der Waals surface area (Å²) >= 11 is 2.18. The van der Waals surface area contributed by atoms with Gasteiger partial charge >= 0.3 is 0 Å². The van der Waals surface area contributed by atoms with Crippen LogP contribution in [0.1, 0.15) is 0 Å². The number of nitro benzene ring substituents is 1. The number of non-ortho nitro benzene ring substituents is 1. The zero-order chi connectivity index (χ0) is 18.5. The van der Waals surface area contributed by atoms with Crippen molar-refractivity contribution in [3.05, 3.63) is 62.2 Å². The van der Waals surface area contributed by atoms with E-state index in [1.165, 1.54) is 12.1 Å². The Bertz CT molecular complexity index is 789. The van der Waals surface area contributed by atoms with E-state index in [4.69, 9.17) is 4.74 Å². The Balaban J connectivity index is 1.50. The lowest BCUT2D eigenvalue weighted by molar-refractivity contribution is -0.384. The van der Waals surface area contributed by atoms with E-state index >= 15 is 0 Å². The van der Waals surface area contributed by atoms with Gasteiger partial charge in [-0.2, -0.15) is 0 Å². The van der Waals surface area contributed by atoms with Crippen LogP contribution < -0.4 is 9.64 Å². The number of piperazine rings is 1. The molecule has 1 aliphatic rings. The van der Waals surface area contributed by atoms with E-state index in [9.17, 15) is 14.9 Å². The number of hydrogen-bond acceptors (Lipinski definition) is 5. The summed E-state index contributed by atoms with van der Waals surface area (Å²) in [5.41, 5.74) is 1.01. The van der Waals surface area contributed by atoms with E-state index in [0.717, 1.165) is 9.26 Å². The third-order valence-corrected chi connectivity index (χ3v) is 5.14. The van der Waals surface area contributed by atoms with Crippen LogP contribution in [0.25, 0.3) is 0 Å². The van der Waals surface area contributed by atoms with Crippen molar-refractivity contribution in [1.82, 2.24) is 4.90 Å². The van der Waals surface area contributed by atoms with Gasteiger partial charge in [0.15, 0.2) is 6.61 Å². The van der Waals surface area contributed by atoms with Gasteiger partial charge in [0.05, 0.1) is 8.49 Å². The Morgan fingerprint density at radius 1 is 1.08 bits per heavy atom. The number of rotatable bonds is 5. The van der Waals surface area contributed by atoms with Crippen molar-refractivity contribution in [2.75, 3.05) is 37.7 Å². The predicted molar refractivity (Wildman–Crippen MR) is 107 cm³/mol. The van der Waals surface area contributed by atoms with Gasteiger partial charge in [0, 0.05) is 44.0 Å². The van der Waals surface area contributed by atoms with Crippen LogP contribution in [0, 0.1) is 13.7 Å². The molecule has 0 aliphatic carbocycles. The lowest BCUT2D eigenvalue weighted by Crippen LogP contribution is -2.50. The normalized spacial score (nSPS) is 14.2. The summed E-state index contributed by atoms with van der Waals surface area (Å²) in [7, 11) is 0. The highest BCUT2D eigenvalue weighted by Crippen LogP contribution is 2.21. The van der Waals surface area contributed by atoms with E-state index in [2.05, 4.69) is 27.5 Å². The number of hydrogen-bond donors (Lipinski definition) is 0. The van der Waals surface area contributed by atoms with Crippen molar-refractivity contribution >= 4 is 39.9 Å². The largest absolute Gasteiger partial charge is 0.483 e. The molecule has 0 radical (unpaired) electrons. The molecule has 7 nitrogen and oxygen atoms in total. The molecule has 1 heterocycles. The van der Waals surface area contributed by atoms with Gasteiger partial charge in [0.25, 0.3) is 11.6 Å². The quantitative estimate of drug-likeness (QED) is 0.384. The Labute approximate surface area is 164 Å². The Morgan fingerprint density at radius 3 is 2.35 bits per heavy atom. The number of ether oxygens (including phenoxy) is 1. The summed E-state index contributed by atoms with van der Waals surface area (Å²) in [6, 6.07) is 14.1. The highest BCUT2D eigenvalue weighted by atomic mass is 127. The van der Waals surface area contributed by atoms with Crippen LogP contribution in [0.2, 0.25) is 0 Å². The molecule has 0 bridgehead atoms. The zero-order valence-electron chi connectivity index (χ0n) is 14.0. The van der Waals surface area contributed by atoms with Crippen molar-refractivity contribution in [3.8, 4) is 5.75 Å². The molecule has 0 saturated carbocycles. The number of anilines is 1. The van der Waals surface area contributed by atoms with E-state index < -0.39 is 4.92 Å². The minimum Gasteiger partial charge on any atom is -0.483 e. The van der Waals surface area contributed by atoms with Crippen LogP contribution in [0.3, 0.4) is 0 Å². The summed E-state index contributed by atoms with van der Waals surface area (Å²) in [5, 5.41) is 10.7. The van der Waals surface area contributed by atoms with Crippen LogP contribution in [0.5, 0.6) is 5.75 Å². The molecule has 1 saturated heterocycles. The van der Waals surface area contributed by atoms with Gasteiger partial charge in [-0.15, -0.1) is 0 Å². The minimum atomic E-state index is -0.408. The molecular weight excluding hydrogens is 449 g/mol. The average molecular weight is 467 g/mol. The second-order valence-electron chi connectivity index (χ2n) is 5.86. The smallest absolute Gasteiger partial charge is 0.269 e. The monoisotopic (exact) mass is 467 g/mol. The molecule has 26 heavy (non-hydrogen) atoms. The maximum absolute atomic E-state index is 12.4. The summed E-state index contributed by atoms with van der Waals surface area (Å²) in [6.45, 7) is 2.60. The maximum atomic E-state index is 12.4. The molecule has 2 aromatic carbocycles. The van der Waals surface area contributed by atoms with E-state index in [1.807, 2.05) is 24.3 Å². The SMILES string of the molecule is O=C(COc1ccccc1I)N1CCN(c2ccc([N+](=O)[O-])cc2)CC1. The van der Waals surface area contributed by atoms with Gasteiger partial charge < -0.3 is 14.5 Å². The van der Waals surface area contributed by atoms with Crippen LogP contribution in [0.4, 0.5) is 11.4 Å². The van der Waals surface area contributed by atoms with Gasteiger partial charge in [-0.25, -0.2) is 0 Å². The lowest BCUT2D eigenvalue weighted by Gasteiger charge is -2.36. The molecule has 1 fully saturated rings. The molecule has 1 amide bonds. The molecule has 2 aromatic rings. The first-order chi connectivity index (χ1) is 12.5. The molecule has 0 unspecified atom stereocenters. The molecule has 8 heteroatoms. The summed E-state index contributed by atoms with van der Waals surface area (Å²) in [4.78, 5) is 26.6. The number of carbonyl (C=O) groups is 1. The minimum absolute atomic E-state index is 0.0253. The van der Waals surface area contributed by atoms with E-state index in [0.29, 0.717) is 31.9 Å². The van der Waals surface area contributed by atoms with E-state index in [-0.39, 0.29) is 18.2 Å². The van der Waals surface area contributed by atoms with Crippen LogP contribution in [-0.4, -0.2) is 48.5 Å². The summed E-state index contributed by atoms with van der Waals surface area (Å²) in [6.07, 6.45) is 0. The highest BCUT2D eigenvalue weighted by molar-refractivity contribution is 14.1. The fraction of sp³-hybridized carbons (Fsp3) is 0.278. The molecule has 0 N–H and O–H groups in total. The van der Waals surface area contributed by atoms with Gasteiger partial charge in [0.1, 0.15) is 5.75 Å². The number of benzene rings is 2. The topological polar surface area (TPSA) is 75.9 Å². The van der Waals surface area contributed by atoms with Crippen molar-refractivity contribution in [2.24, 2.45) is 0 Å². The van der Waals surface area contributed by atoms with Crippen LogP contribution >= 0.6 is 22.6 Å². The zero-order valence-corrected chi connectivity index (χ0v) is 16.2. The number of nitrogens with zero attached hydrogens (tertiary/aromatic N) is 3. The summed E-state index contributed by atoms with van der Waals surface area (Å²) in [5.74, 6) is 0.680. The number of para-hydroxylation sites is 1. The fourth-order valence-electron chi connectivity index (χ4n) is 2.79. The second-order valence-corrected chi connectivity index (χ2v) is 7.02. The first kappa shape index (κ1) is 18.4. The number of carbonyl (C=O) groups excluding carboxylic acids is 1. The molecule has 0 aromatic heterocycles.